The van der Waals surface area contributed by atoms with Gasteiger partial charge < -0.3 is 5.73 Å². The van der Waals surface area contributed by atoms with E-state index in [1.54, 1.807) is 0 Å². The summed E-state index contributed by atoms with van der Waals surface area (Å²) in [7, 11) is 0. The molecule has 0 saturated carbocycles. The Bertz CT molecular complexity index is 633. The first-order valence-corrected chi connectivity index (χ1v) is 7.14. The molecule has 2 aromatic carbocycles. The van der Waals surface area contributed by atoms with Crippen LogP contribution in [-0.2, 0) is 24.2 Å². The van der Waals surface area contributed by atoms with Crippen LogP contribution in [0.25, 0.3) is 0 Å². The number of hydrogen-bond donors (Lipinski definition) is 1. The predicted octanol–water partition coefficient (Wildman–Crippen LogP) is 2.99. The van der Waals surface area contributed by atoms with Gasteiger partial charge in [0, 0.05) is 19.4 Å². The predicted molar refractivity (Wildman–Crippen MR) is 80.5 cm³/mol. The van der Waals surface area contributed by atoms with E-state index in [0.717, 1.165) is 17.5 Å². The van der Waals surface area contributed by atoms with Gasteiger partial charge in [0.1, 0.15) is 5.78 Å². The quantitative estimate of drug-likeness (QED) is 0.903. The Hall–Kier alpha value is -1.93. The summed E-state index contributed by atoms with van der Waals surface area (Å²) in [5, 5.41) is 0. The van der Waals surface area contributed by atoms with Gasteiger partial charge in [-0.25, -0.2) is 0 Å². The number of ketones is 1. The van der Waals surface area contributed by atoms with Gasteiger partial charge in [-0.15, -0.1) is 0 Å². The van der Waals surface area contributed by atoms with Gasteiger partial charge in [-0.05, 0) is 34.6 Å². The Labute approximate surface area is 119 Å². The van der Waals surface area contributed by atoms with Gasteiger partial charge in [-0.2, -0.15) is 0 Å². The number of hydrogen-bond acceptors (Lipinski definition) is 2. The Kier molecular flexibility index (Phi) is 3.66. The molecule has 0 saturated heterocycles. The average molecular weight is 265 g/mol. The minimum atomic E-state index is 0.311. The molecule has 2 N–H and O–H groups in total. The molecule has 102 valence electrons. The van der Waals surface area contributed by atoms with E-state index in [1.165, 1.54) is 11.1 Å². The van der Waals surface area contributed by atoms with Gasteiger partial charge in [-0.3, -0.25) is 4.79 Å². The van der Waals surface area contributed by atoms with Crippen LogP contribution in [0.3, 0.4) is 0 Å². The molecular weight excluding hydrogens is 246 g/mol. The smallest absolute Gasteiger partial charge is 0.137 e. The second-order valence-electron chi connectivity index (χ2n) is 5.49. The zero-order chi connectivity index (χ0) is 13.9. The van der Waals surface area contributed by atoms with Crippen molar-refractivity contribution in [2.24, 2.45) is 5.73 Å². The molecule has 1 atom stereocenters. The molecule has 2 heteroatoms. The number of Topliss-reactive ketones (excluding diaryl/α,β-unsaturated/α-hetero) is 1. The molecule has 1 unspecified atom stereocenters. The van der Waals surface area contributed by atoms with Crippen LogP contribution in [-0.4, -0.2) is 5.78 Å². The van der Waals surface area contributed by atoms with Crippen molar-refractivity contribution < 1.29 is 4.79 Å². The first kappa shape index (κ1) is 13.1. The molecule has 0 aliphatic heterocycles. The van der Waals surface area contributed by atoms with E-state index in [1.807, 2.05) is 24.3 Å². The number of benzene rings is 2. The number of nitrogens with two attached hydrogens (primary N) is 1. The van der Waals surface area contributed by atoms with Crippen molar-refractivity contribution in [1.29, 1.82) is 0 Å². The van der Waals surface area contributed by atoms with Crippen molar-refractivity contribution in [3.05, 3.63) is 70.8 Å². The van der Waals surface area contributed by atoms with Crippen molar-refractivity contribution in [2.45, 2.75) is 31.7 Å². The third-order valence-electron chi connectivity index (χ3n) is 4.16. The summed E-state index contributed by atoms with van der Waals surface area (Å²) in [5.74, 6) is 0.731. The van der Waals surface area contributed by atoms with E-state index in [4.69, 9.17) is 5.73 Å². The molecule has 0 amide bonds. The van der Waals surface area contributed by atoms with Crippen LogP contribution in [0.1, 0.15) is 34.6 Å². The van der Waals surface area contributed by atoms with Gasteiger partial charge in [0.25, 0.3) is 0 Å². The zero-order valence-electron chi connectivity index (χ0n) is 11.5. The van der Waals surface area contributed by atoms with Gasteiger partial charge in [0.05, 0.1) is 0 Å². The largest absolute Gasteiger partial charge is 0.326 e. The maximum absolute atomic E-state index is 12.3. The van der Waals surface area contributed by atoms with E-state index in [2.05, 4.69) is 24.3 Å². The summed E-state index contributed by atoms with van der Waals surface area (Å²) in [5.41, 5.74) is 10.6. The number of fused-ring (bicyclic) bond motifs is 1. The number of rotatable bonds is 5. The molecule has 2 aromatic rings. The minimum absolute atomic E-state index is 0.311. The molecule has 1 aliphatic carbocycles. The third-order valence-corrected chi connectivity index (χ3v) is 4.16. The Morgan fingerprint density at radius 1 is 1.05 bits per heavy atom. The fourth-order valence-corrected chi connectivity index (χ4v) is 3.03. The van der Waals surface area contributed by atoms with E-state index in [-0.39, 0.29) is 0 Å². The van der Waals surface area contributed by atoms with Crippen molar-refractivity contribution in [3.8, 4) is 0 Å². The van der Waals surface area contributed by atoms with E-state index < -0.39 is 0 Å². The van der Waals surface area contributed by atoms with Gasteiger partial charge >= 0.3 is 0 Å². The summed E-state index contributed by atoms with van der Waals surface area (Å²) in [6, 6.07) is 16.4. The molecule has 3 rings (SSSR count). The molecule has 0 spiro atoms. The van der Waals surface area contributed by atoms with Crippen molar-refractivity contribution in [3.63, 3.8) is 0 Å². The van der Waals surface area contributed by atoms with E-state index >= 15 is 0 Å². The number of carbonyl (C=O) groups is 1. The normalized spacial score (nSPS) is 16.4. The van der Waals surface area contributed by atoms with Crippen LogP contribution in [0.15, 0.2) is 48.5 Å². The van der Waals surface area contributed by atoms with Crippen molar-refractivity contribution in [1.82, 2.24) is 0 Å². The minimum Gasteiger partial charge on any atom is -0.326 e. The molecule has 0 bridgehead atoms. The van der Waals surface area contributed by atoms with Crippen LogP contribution in [0.5, 0.6) is 0 Å². The SMILES string of the molecule is NCc1ccccc1CC(=O)CC1Cc2ccccc21. The maximum Gasteiger partial charge on any atom is 0.137 e. The lowest BCUT2D eigenvalue weighted by atomic mass is 9.74. The summed E-state index contributed by atoms with van der Waals surface area (Å²) in [6.45, 7) is 0.496. The third kappa shape index (κ3) is 2.52. The van der Waals surface area contributed by atoms with Crippen LogP contribution in [0.4, 0.5) is 0 Å². The average Bonchev–Trinajstić information content (AvgIpc) is 2.45. The molecular formula is C18H19NO. The molecule has 1 aliphatic rings. The maximum atomic E-state index is 12.3. The summed E-state index contributed by atoms with van der Waals surface area (Å²) >= 11 is 0. The van der Waals surface area contributed by atoms with E-state index in [0.29, 0.717) is 31.1 Å². The summed E-state index contributed by atoms with van der Waals surface area (Å²) in [4.78, 5) is 12.3. The lowest BCUT2D eigenvalue weighted by Crippen LogP contribution is -2.21. The lowest BCUT2D eigenvalue weighted by Gasteiger charge is -2.29. The molecule has 0 radical (unpaired) electrons. The molecule has 2 nitrogen and oxygen atoms in total. The summed E-state index contributed by atoms with van der Waals surface area (Å²) in [6.07, 6.45) is 2.20. The van der Waals surface area contributed by atoms with E-state index in [9.17, 15) is 4.79 Å². The molecule has 20 heavy (non-hydrogen) atoms. The van der Waals surface area contributed by atoms with Crippen LogP contribution < -0.4 is 5.73 Å². The highest BCUT2D eigenvalue weighted by atomic mass is 16.1. The van der Waals surface area contributed by atoms with Crippen molar-refractivity contribution in [2.75, 3.05) is 0 Å². The molecule has 0 fully saturated rings. The standard InChI is InChI=1S/C18H19NO/c19-12-15-7-2-1-5-13(15)10-17(20)11-16-9-14-6-3-4-8-18(14)16/h1-8,16H,9-12,19H2. The monoisotopic (exact) mass is 265 g/mol. The topological polar surface area (TPSA) is 43.1 Å². The molecule has 0 heterocycles. The molecule has 0 aromatic heterocycles. The highest BCUT2D eigenvalue weighted by Gasteiger charge is 2.27. The van der Waals surface area contributed by atoms with Crippen LogP contribution in [0, 0.1) is 0 Å². The van der Waals surface area contributed by atoms with Gasteiger partial charge in [0.2, 0.25) is 0 Å². The second kappa shape index (κ2) is 5.59. The Balaban J connectivity index is 1.64. The summed E-state index contributed by atoms with van der Waals surface area (Å²) < 4.78 is 0. The lowest BCUT2D eigenvalue weighted by molar-refractivity contribution is -0.118. The fraction of sp³-hybridized carbons (Fsp3) is 0.278. The second-order valence-corrected chi connectivity index (χ2v) is 5.49. The first-order chi connectivity index (χ1) is 9.78. The zero-order valence-corrected chi connectivity index (χ0v) is 11.5. The fourth-order valence-electron chi connectivity index (χ4n) is 3.03. The highest BCUT2D eigenvalue weighted by Crippen LogP contribution is 2.37. The van der Waals surface area contributed by atoms with Gasteiger partial charge in [0.15, 0.2) is 0 Å². The number of carbonyl (C=O) groups excluding carboxylic acids is 1. The highest BCUT2D eigenvalue weighted by molar-refractivity contribution is 5.82. The van der Waals surface area contributed by atoms with Crippen LogP contribution >= 0.6 is 0 Å². The van der Waals surface area contributed by atoms with Crippen molar-refractivity contribution >= 4 is 5.78 Å². The van der Waals surface area contributed by atoms with Crippen LogP contribution in [0.2, 0.25) is 0 Å². The Morgan fingerprint density at radius 3 is 2.50 bits per heavy atom. The first-order valence-electron chi connectivity index (χ1n) is 7.14. The van der Waals surface area contributed by atoms with Gasteiger partial charge in [-0.1, -0.05) is 48.5 Å². The Morgan fingerprint density at radius 2 is 1.75 bits per heavy atom.